The van der Waals surface area contributed by atoms with Crippen molar-refractivity contribution in [3.63, 3.8) is 0 Å². The first-order valence-corrected chi connectivity index (χ1v) is 10.4. The molecule has 0 saturated carbocycles. The minimum absolute atomic E-state index is 0.0244. The van der Waals surface area contributed by atoms with Gasteiger partial charge in [-0.2, -0.15) is 0 Å². The van der Waals surface area contributed by atoms with Crippen molar-refractivity contribution in [3.05, 3.63) is 71.9 Å². The van der Waals surface area contributed by atoms with Gasteiger partial charge in [-0.05, 0) is 36.5 Å². The largest absolute Gasteiger partial charge is 0.361 e. The smallest absolute Gasteiger partial charge is 0.245 e. The fourth-order valence-corrected chi connectivity index (χ4v) is 4.08. The molecule has 1 aromatic heterocycles. The molecule has 4 rings (SSSR count). The molecule has 150 valence electrons. The van der Waals surface area contributed by atoms with Crippen LogP contribution in [-0.4, -0.2) is 40.8 Å². The molecule has 2 N–H and O–H groups in total. The zero-order valence-corrected chi connectivity index (χ0v) is 16.6. The number of fused-ring (bicyclic) bond motifs is 1. The lowest BCUT2D eigenvalue weighted by atomic mass is 10.0. The van der Waals surface area contributed by atoms with Gasteiger partial charge in [0.1, 0.15) is 6.04 Å². The molecule has 0 radical (unpaired) electrons. The molecular weight excluding hydrogens is 362 g/mol. The van der Waals surface area contributed by atoms with Crippen LogP contribution in [0.3, 0.4) is 0 Å². The Morgan fingerprint density at radius 3 is 2.48 bits per heavy atom. The van der Waals surface area contributed by atoms with Crippen molar-refractivity contribution < 1.29 is 9.59 Å². The van der Waals surface area contributed by atoms with Crippen LogP contribution in [0.25, 0.3) is 10.9 Å². The number of carbonyl (C=O) groups excluding carboxylic acids is 2. The number of nitrogens with one attached hydrogen (secondary N) is 2. The number of piperidine rings is 1. The zero-order chi connectivity index (χ0) is 20.1. The van der Waals surface area contributed by atoms with E-state index in [0.29, 0.717) is 6.42 Å². The van der Waals surface area contributed by atoms with Gasteiger partial charge in [0.2, 0.25) is 11.8 Å². The second kappa shape index (κ2) is 8.95. The molecule has 0 spiro atoms. The van der Waals surface area contributed by atoms with Crippen molar-refractivity contribution in [1.82, 2.24) is 15.2 Å². The van der Waals surface area contributed by atoms with Gasteiger partial charge in [-0.15, -0.1) is 0 Å². The standard InChI is InChI=1S/C24H27N3O2/c28-23(15-18-9-3-1-4-10-18)26-22(24(29)27-13-7-2-8-14-27)16-19-17-25-21-12-6-5-11-20(19)21/h1,3-6,9-12,17,22,25H,2,7-8,13-16H2,(H,26,28)/t22-/m0/s1. The first-order valence-electron chi connectivity index (χ1n) is 10.4. The van der Waals surface area contributed by atoms with Crippen LogP contribution in [0.2, 0.25) is 0 Å². The van der Waals surface area contributed by atoms with Crippen molar-refractivity contribution >= 4 is 22.7 Å². The highest BCUT2D eigenvalue weighted by molar-refractivity contribution is 5.90. The van der Waals surface area contributed by atoms with Crippen molar-refractivity contribution in [2.24, 2.45) is 0 Å². The lowest BCUT2D eigenvalue weighted by Gasteiger charge is -2.31. The van der Waals surface area contributed by atoms with E-state index in [1.54, 1.807) is 0 Å². The van der Waals surface area contributed by atoms with Gasteiger partial charge in [-0.3, -0.25) is 9.59 Å². The normalized spacial score (nSPS) is 15.2. The molecule has 1 atom stereocenters. The summed E-state index contributed by atoms with van der Waals surface area (Å²) in [6.07, 6.45) is 5.94. The number of benzene rings is 2. The number of likely N-dealkylation sites (tertiary alicyclic amines) is 1. The molecule has 0 aliphatic carbocycles. The third-order valence-electron chi connectivity index (χ3n) is 5.61. The number of aromatic amines is 1. The number of amides is 2. The quantitative estimate of drug-likeness (QED) is 0.678. The second-order valence-electron chi connectivity index (χ2n) is 7.73. The van der Waals surface area contributed by atoms with Gasteiger partial charge in [0.25, 0.3) is 0 Å². The monoisotopic (exact) mass is 389 g/mol. The van der Waals surface area contributed by atoms with E-state index in [1.165, 1.54) is 0 Å². The van der Waals surface area contributed by atoms with Gasteiger partial charge < -0.3 is 15.2 Å². The number of aromatic nitrogens is 1. The maximum atomic E-state index is 13.2. The predicted octanol–water partition coefficient (Wildman–Crippen LogP) is 3.45. The Morgan fingerprint density at radius 2 is 1.69 bits per heavy atom. The van der Waals surface area contributed by atoms with Crippen molar-refractivity contribution in [2.45, 2.75) is 38.1 Å². The molecule has 3 aromatic rings. The fraction of sp³-hybridized carbons (Fsp3) is 0.333. The Bertz CT molecular complexity index is 974. The van der Waals surface area contributed by atoms with E-state index in [1.807, 2.05) is 59.6 Å². The molecule has 5 heteroatoms. The van der Waals surface area contributed by atoms with E-state index in [9.17, 15) is 9.59 Å². The van der Waals surface area contributed by atoms with Crippen LogP contribution < -0.4 is 5.32 Å². The lowest BCUT2D eigenvalue weighted by molar-refractivity contribution is -0.137. The SMILES string of the molecule is O=C(Cc1ccccc1)N[C@@H](Cc1c[nH]c2ccccc12)C(=O)N1CCCCC1. The summed E-state index contributed by atoms with van der Waals surface area (Å²) >= 11 is 0. The van der Waals surface area contributed by atoms with E-state index >= 15 is 0 Å². The number of H-pyrrole nitrogens is 1. The van der Waals surface area contributed by atoms with Crippen molar-refractivity contribution in [3.8, 4) is 0 Å². The molecule has 1 aliphatic rings. The summed E-state index contributed by atoms with van der Waals surface area (Å²) in [6, 6.07) is 17.1. The average Bonchev–Trinajstić information content (AvgIpc) is 3.17. The van der Waals surface area contributed by atoms with Crippen LogP contribution >= 0.6 is 0 Å². The molecule has 0 unspecified atom stereocenters. The summed E-state index contributed by atoms with van der Waals surface area (Å²) in [6.45, 7) is 1.55. The summed E-state index contributed by atoms with van der Waals surface area (Å²) < 4.78 is 0. The van der Waals surface area contributed by atoms with Crippen LogP contribution in [0.15, 0.2) is 60.8 Å². The second-order valence-corrected chi connectivity index (χ2v) is 7.73. The summed E-state index contributed by atoms with van der Waals surface area (Å²) in [5, 5.41) is 4.12. The number of rotatable bonds is 6. The number of carbonyl (C=O) groups is 2. The number of nitrogens with zero attached hydrogens (tertiary/aromatic N) is 1. The summed E-state index contributed by atoms with van der Waals surface area (Å²) in [7, 11) is 0. The highest BCUT2D eigenvalue weighted by Gasteiger charge is 2.28. The van der Waals surface area contributed by atoms with Gasteiger partial charge in [-0.1, -0.05) is 48.5 Å². The van der Waals surface area contributed by atoms with Gasteiger partial charge in [0, 0.05) is 36.6 Å². The molecule has 1 aliphatic heterocycles. The van der Waals surface area contributed by atoms with Gasteiger partial charge >= 0.3 is 0 Å². The van der Waals surface area contributed by atoms with Crippen LogP contribution in [0.4, 0.5) is 0 Å². The first-order chi connectivity index (χ1) is 14.2. The minimum Gasteiger partial charge on any atom is -0.361 e. The molecule has 2 heterocycles. The Balaban J connectivity index is 1.53. The highest BCUT2D eigenvalue weighted by Crippen LogP contribution is 2.20. The summed E-state index contributed by atoms with van der Waals surface area (Å²) in [5.41, 5.74) is 3.04. The summed E-state index contributed by atoms with van der Waals surface area (Å²) in [5.74, 6) is -0.0946. The van der Waals surface area contributed by atoms with E-state index < -0.39 is 6.04 Å². The topological polar surface area (TPSA) is 65.2 Å². The van der Waals surface area contributed by atoms with E-state index in [2.05, 4.69) is 16.4 Å². The molecule has 1 saturated heterocycles. The number of para-hydroxylation sites is 1. The molecule has 2 amide bonds. The Labute approximate surface area is 171 Å². The Morgan fingerprint density at radius 1 is 0.966 bits per heavy atom. The van der Waals surface area contributed by atoms with E-state index in [-0.39, 0.29) is 18.2 Å². The van der Waals surface area contributed by atoms with Crippen LogP contribution in [0, 0.1) is 0 Å². The van der Waals surface area contributed by atoms with Gasteiger partial charge in [0.05, 0.1) is 6.42 Å². The van der Waals surface area contributed by atoms with Crippen LogP contribution in [-0.2, 0) is 22.4 Å². The first kappa shape index (κ1) is 19.2. The van der Waals surface area contributed by atoms with Gasteiger partial charge in [0.15, 0.2) is 0 Å². The number of hydrogen-bond acceptors (Lipinski definition) is 2. The lowest BCUT2D eigenvalue weighted by Crippen LogP contribution is -2.51. The molecular formula is C24H27N3O2. The molecule has 29 heavy (non-hydrogen) atoms. The molecule has 5 nitrogen and oxygen atoms in total. The molecule has 2 aromatic carbocycles. The molecule has 1 fully saturated rings. The Hall–Kier alpha value is -3.08. The zero-order valence-electron chi connectivity index (χ0n) is 16.6. The number of hydrogen-bond donors (Lipinski definition) is 2. The molecule has 0 bridgehead atoms. The van der Waals surface area contributed by atoms with E-state index in [4.69, 9.17) is 0 Å². The van der Waals surface area contributed by atoms with E-state index in [0.717, 1.165) is 54.4 Å². The minimum atomic E-state index is -0.552. The van der Waals surface area contributed by atoms with Gasteiger partial charge in [-0.25, -0.2) is 0 Å². The maximum absolute atomic E-state index is 13.2. The van der Waals surface area contributed by atoms with Crippen LogP contribution in [0.1, 0.15) is 30.4 Å². The van der Waals surface area contributed by atoms with Crippen molar-refractivity contribution in [1.29, 1.82) is 0 Å². The fourth-order valence-electron chi connectivity index (χ4n) is 4.08. The van der Waals surface area contributed by atoms with Crippen LogP contribution in [0.5, 0.6) is 0 Å². The Kier molecular flexibility index (Phi) is 5.94. The maximum Gasteiger partial charge on any atom is 0.245 e. The third kappa shape index (κ3) is 4.67. The third-order valence-corrected chi connectivity index (χ3v) is 5.61. The average molecular weight is 389 g/mol. The highest BCUT2D eigenvalue weighted by atomic mass is 16.2. The predicted molar refractivity (Wildman–Crippen MR) is 115 cm³/mol. The summed E-state index contributed by atoms with van der Waals surface area (Å²) in [4.78, 5) is 31.1. The van der Waals surface area contributed by atoms with Crippen molar-refractivity contribution in [2.75, 3.05) is 13.1 Å².